The van der Waals surface area contributed by atoms with Crippen molar-refractivity contribution in [2.45, 2.75) is 95.7 Å². The molecule has 0 atom stereocenters. The van der Waals surface area contributed by atoms with Gasteiger partial charge in [-0.3, -0.25) is 15.0 Å². The Kier molecular flexibility index (Phi) is 9.59. The maximum Gasteiger partial charge on any atom is 0.144 e. The van der Waals surface area contributed by atoms with Gasteiger partial charge in [0.05, 0.1) is 31.5 Å². The lowest BCUT2D eigenvalue weighted by Gasteiger charge is -2.28. The molecule has 66 heavy (non-hydrogen) atoms. The number of para-hydroxylation sites is 1. The Bertz CT molecular complexity index is 3450. The van der Waals surface area contributed by atoms with E-state index in [1.807, 2.05) is 122 Å². The second-order valence-corrected chi connectivity index (χ2v) is 18.9. The number of fused-ring (bicyclic) bond motifs is 3. The second-order valence-electron chi connectivity index (χ2n) is 18.9. The smallest absolute Gasteiger partial charge is 0.144 e. The lowest BCUT2D eigenvalue weighted by molar-refractivity contribution is 0.512. The Morgan fingerprint density at radius 3 is 1.82 bits per heavy atom. The molecule has 0 unspecified atom stereocenters. The molecule has 1 aliphatic carbocycles. The fourth-order valence-electron chi connectivity index (χ4n) is 9.55. The number of nitriles is 1. The highest BCUT2D eigenvalue weighted by Crippen LogP contribution is 2.41. The molecule has 0 aliphatic heterocycles. The Balaban J connectivity index is 1.06. The number of furan rings is 1. The molecule has 0 saturated heterocycles. The third-order valence-corrected chi connectivity index (χ3v) is 13.1. The van der Waals surface area contributed by atoms with E-state index in [-0.39, 0.29) is 34.4 Å². The Labute approximate surface area is 399 Å². The van der Waals surface area contributed by atoms with Crippen LogP contribution in [0, 0.1) is 11.3 Å². The van der Waals surface area contributed by atoms with Gasteiger partial charge in [0.1, 0.15) is 11.2 Å². The van der Waals surface area contributed by atoms with Gasteiger partial charge in [-0.25, -0.2) is 0 Å². The minimum Gasteiger partial charge on any atom is -0.455 e. The molecule has 5 nitrogen and oxygen atoms in total. The maximum atomic E-state index is 10.0. The van der Waals surface area contributed by atoms with Crippen molar-refractivity contribution in [3.8, 4) is 39.8 Å². The van der Waals surface area contributed by atoms with Crippen LogP contribution in [-0.4, -0.2) is 15.0 Å². The summed E-state index contributed by atoms with van der Waals surface area (Å²) in [6.07, 6.45) is 3.43. The predicted octanol–water partition coefficient (Wildman–Crippen LogP) is 15.1. The molecule has 5 aromatic carbocycles. The number of hydrogen-bond donors (Lipinski definition) is 0. The van der Waals surface area contributed by atoms with Crippen LogP contribution >= 0.6 is 0 Å². The summed E-state index contributed by atoms with van der Waals surface area (Å²) in [5, 5.41) is 10.8. The van der Waals surface area contributed by atoms with E-state index in [2.05, 4.69) is 45.9 Å². The van der Waals surface area contributed by atoms with Gasteiger partial charge in [-0.15, -0.1) is 0 Å². The van der Waals surface area contributed by atoms with E-state index in [9.17, 15) is 12.1 Å². The monoisotopic (exact) mass is 867 g/mol. The first-order valence-electron chi connectivity index (χ1n) is 26.3. The van der Waals surface area contributed by atoms with Gasteiger partial charge < -0.3 is 4.42 Å². The van der Waals surface area contributed by atoms with Gasteiger partial charge in [0.15, 0.2) is 0 Å². The molecule has 326 valence electrons. The molecular formula is C61H56N4O. The fourth-order valence-corrected chi connectivity index (χ4v) is 9.55. The first-order valence-corrected chi connectivity index (χ1v) is 22.8. The minimum absolute atomic E-state index is 0.0164. The van der Waals surface area contributed by atoms with Gasteiger partial charge in [-0.2, -0.15) is 5.26 Å². The molecule has 4 heterocycles. The molecule has 1 saturated carbocycles. The fraction of sp³-hybridized carbons (Fsp3) is 0.246. The standard InChI is InChI=1S/C61H56N4O/c1-60(2,49-25-28-55(64-39-49)46-16-7-5-8-17-46)35-43-30-41(31-44(32-43)36-61(3,4)50-26-29-56(65-40-50)47-18-9-6-10-19-47)22-24-48-38-63-57(34-54(48)45-14-11-12-15-45)53-21-13-20-52-51-27-23-42(37-62)33-58(51)66-59(52)53/h5-10,13,16-21,23,25-34,38-40,45H,11-12,14-15,22,24,35-36H2,1-4H3/i22D2,23D,24D2,33D,45D. The van der Waals surface area contributed by atoms with Gasteiger partial charge in [0, 0.05) is 52.9 Å². The molecule has 0 spiro atoms. The quantitative estimate of drug-likeness (QED) is 0.115. The van der Waals surface area contributed by atoms with E-state index in [0.717, 1.165) is 57.6 Å². The first kappa shape index (κ1) is 35.1. The van der Waals surface area contributed by atoms with Crippen molar-refractivity contribution in [1.82, 2.24) is 15.0 Å². The van der Waals surface area contributed by atoms with E-state index in [0.29, 0.717) is 58.9 Å². The van der Waals surface area contributed by atoms with Crippen molar-refractivity contribution >= 4 is 21.9 Å². The number of aromatic nitrogens is 3. The van der Waals surface area contributed by atoms with Gasteiger partial charge in [-0.05, 0) is 137 Å². The molecule has 0 N–H and O–H groups in total. The summed E-state index contributed by atoms with van der Waals surface area (Å²) in [5.74, 6) is -1.22. The summed E-state index contributed by atoms with van der Waals surface area (Å²) in [5.41, 5.74) is 8.63. The molecule has 0 amide bonds. The van der Waals surface area contributed by atoms with E-state index >= 15 is 0 Å². The Morgan fingerprint density at radius 1 is 0.652 bits per heavy atom. The molecule has 4 aromatic heterocycles. The van der Waals surface area contributed by atoms with Crippen LogP contribution in [0.1, 0.15) is 113 Å². The third kappa shape index (κ3) is 8.93. The minimum atomic E-state index is -2.68. The second kappa shape index (κ2) is 18.0. The van der Waals surface area contributed by atoms with Crippen molar-refractivity contribution in [3.05, 3.63) is 209 Å². The highest BCUT2D eigenvalue weighted by molar-refractivity contribution is 6.09. The van der Waals surface area contributed by atoms with Gasteiger partial charge in [-0.1, -0.05) is 144 Å². The van der Waals surface area contributed by atoms with E-state index in [1.165, 1.54) is 12.3 Å². The summed E-state index contributed by atoms with van der Waals surface area (Å²) < 4.78 is 73.3. The van der Waals surface area contributed by atoms with Gasteiger partial charge >= 0.3 is 0 Å². The van der Waals surface area contributed by atoms with Crippen LogP contribution in [0.3, 0.4) is 0 Å². The summed E-state index contributed by atoms with van der Waals surface area (Å²) in [6, 6.07) is 44.5. The first-order chi connectivity index (χ1) is 34.8. The Hall–Kier alpha value is -7.16. The van der Waals surface area contributed by atoms with Crippen molar-refractivity contribution in [2.24, 2.45) is 0 Å². The van der Waals surface area contributed by atoms with Crippen molar-refractivity contribution in [1.29, 1.82) is 5.26 Å². The highest BCUT2D eigenvalue weighted by Gasteiger charge is 2.27. The Morgan fingerprint density at radius 2 is 1.24 bits per heavy atom. The van der Waals surface area contributed by atoms with Gasteiger partial charge in [0.25, 0.3) is 0 Å². The average molecular weight is 868 g/mol. The van der Waals surface area contributed by atoms with Crippen LogP contribution in [0.4, 0.5) is 0 Å². The lowest BCUT2D eigenvalue weighted by atomic mass is 9.77. The van der Waals surface area contributed by atoms with Crippen LogP contribution in [0.5, 0.6) is 0 Å². The van der Waals surface area contributed by atoms with Crippen LogP contribution in [0.2, 0.25) is 0 Å². The van der Waals surface area contributed by atoms with Crippen molar-refractivity contribution < 1.29 is 14.0 Å². The van der Waals surface area contributed by atoms with Crippen LogP contribution in [0.15, 0.2) is 169 Å². The number of rotatable bonds is 13. The summed E-state index contributed by atoms with van der Waals surface area (Å²) in [4.78, 5) is 14.5. The molecule has 0 radical (unpaired) electrons. The van der Waals surface area contributed by atoms with Gasteiger partial charge in [0.2, 0.25) is 0 Å². The highest BCUT2D eigenvalue weighted by atomic mass is 16.3. The molecule has 0 bridgehead atoms. The predicted molar refractivity (Wildman–Crippen MR) is 270 cm³/mol. The summed E-state index contributed by atoms with van der Waals surface area (Å²) in [6.45, 7) is 8.61. The largest absolute Gasteiger partial charge is 0.455 e. The third-order valence-electron chi connectivity index (χ3n) is 13.1. The zero-order valence-electron chi connectivity index (χ0n) is 44.9. The van der Waals surface area contributed by atoms with E-state index in [1.54, 1.807) is 6.07 Å². The van der Waals surface area contributed by atoms with Crippen LogP contribution < -0.4 is 0 Å². The topological polar surface area (TPSA) is 75.6 Å². The van der Waals surface area contributed by atoms with Crippen LogP contribution in [-0.2, 0) is 36.4 Å². The number of hydrogen-bond acceptors (Lipinski definition) is 5. The summed E-state index contributed by atoms with van der Waals surface area (Å²) >= 11 is 0. The maximum absolute atomic E-state index is 10.0. The van der Waals surface area contributed by atoms with Crippen molar-refractivity contribution in [2.75, 3.05) is 0 Å². The molecule has 1 aliphatic rings. The number of benzene rings is 5. The zero-order valence-corrected chi connectivity index (χ0v) is 37.9. The molecule has 5 heteroatoms. The van der Waals surface area contributed by atoms with Crippen LogP contribution in [0.25, 0.3) is 55.7 Å². The van der Waals surface area contributed by atoms with E-state index in [4.69, 9.17) is 22.1 Å². The molecule has 9 aromatic rings. The molecule has 10 rings (SSSR count). The summed E-state index contributed by atoms with van der Waals surface area (Å²) in [7, 11) is 0. The lowest BCUT2D eigenvalue weighted by Crippen LogP contribution is -2.23. The normalized spacial score (nSPS) is 15.8. The zero-order chi connectivity index (χ0) is 51.5. The number of nitrogens with zero attached hydrogens (tertiary/aromatic N) is 4. The van der Waals surface area contributed by atoms with E-state index < -0.39 is 29.5 Å². The SMILES string of the molecule is [2H]c1cc2c(oc3c(-c4cc(C5([2H])CCCC5)c(C([2H])([2H])C([2H])([2H])c5cc(CC(C)(C)c6ccc(-c7ccccc7)nc6)cc(CC(C)(C)c6ccc(-c7ccccc7)nc6)c5)cn4)cccc32)c([2H])c1C#N. The number of pyridine rings is 3. The molecular weight excluding hydrogens is 805 g/mol. The van der Waals surface area contributed by atoms with Crippen molar-refractivity contribution in [3.63, 3.8) is 0 Å². The average Bonchev–Trinajstić information content (AvgIpc) is 4.01. The number of aryl methyl sites for hydroxylation is 2. The molecule has 1 fully saturated rings.